The van der Waals surface area contributed by atoms with Gasteiger partial charge in [-0.25, -0.2) is 9.59 Å². The molecular formula is C19H29N3O5. The first kappa shape index (κ1) is 22.4. The maximum Gasteiger partial charge on any atom is 0.408 e. The monoisotopic (exact) mass is 379 g/mol. The summed E-state index contributed by atoms with van der Waals surface area (Å²) in [4.78, 5) is 40.4. The molecule has 0 saturated heterocycles. The molecule has 0 radical (unpaired) electrons. The van der Waals surface area contributed by atoms with Crippen LogP contribution in [0.3, 0.4) is 0 Å². The van der Waals surface area contributed by atoms with Crippen LogP contribution in [0.25, 0.3) is 0 Å². The molecule has 0 aliphatic carbocycles. The molecule has 1 atom stereocenters. The molecule has 0 unspecified atom stereocenters. The summed E-state index contributed by atoms with van der Waals surface area (Å²) in [6.45, 7) is 10.8. The lowest BCUT2D eigenvalue weighted by atomic mass is 10.1. The summed E-state index contributed by atoms with van der Waals surface area (Å²) < 4.78 is 9.94. The van der Waals surface area contributed by atoms with Crippen molar-refractivity contribution in [3.8, 4) is 0 Å². The third-order valence-electron chi connectivity index (χ3n) is 3.16. The van der Waals surface area contributed by atoms with Crippen molar-refractivity contribution in [3.63, 3.8) is 0 Å². The highest BCUT2D eigenvalue weighted by Crippen LogP contribution is 2.11. The normalized spacial score (nSPS) is 12.7. The first-order valence-corrected chi connectivity index (χ1v) is 8.65. The molecule has 0 aliphatic rings. The maximum atomic E-state index is 12.3. The summed E-state index contributed by atoms with van der Waals surface area (Å²) in [5.74, 6) is -0.933. The molecule has 0 bridgehead atoms. The first-order chi connectivity index (χ1) is 12.3. The topological polar surface area (TPSA) is 107 Å². The number of ether oxygens (including phenoxy) is 2. The number of aromatic nitrogens is 1. The summed E-state index contributed by atoms with van der Waals surface area (Å²) >= 11 is 0. The molecule has 0 aliphatic heterocycles. The Hall–Kier alpha value is -2.64. The van der Waals surface area contributed by atoms with Crippen LogP contribution in [0.5, 0.6) is 0 Å². The number of amides is 2. The molecule has 2 amide bonds. The summed E-state index contributed by atoms with van der Waals surface area (Å²) in [5.41, 5.74) is -0.222. The fourth-order valence-electron chi connectivity index (χ4n) is 2.15. The van der Waals surface area contributed by atoms with Gasteiger partial charge in [-0.2, -0.15) is 0 Å². The molecule has 150 valence electrons. The predicted molar refractivity (Wildman–Crippen MR) is 100 cm³/mol. The maximum absolute atomic E-state index is 12.3. The number of hydrogen-bond acceptors (Lipinski definition) is 6. The molecule has 8 heteroatoms. The molecular weight excluding hydrogens is 350 g/mol. The number of alkyl carbamates (subject to hydrolysis) is 1. The summed E-state index contributed by atoms with van der Waals surface area (Å²) in [6, 6.07) is 2.29. The van der Waals surface area contributed by atoms with Crippen LogP contribution < -0.4 is 10.6 Å². The molecule has 0 saturated carbocycles. The van der Waals surface area contributed by atoms with Crippen molar-refractivity contribution >= 4 is 18.0 Å². The molecule has 0 fully saturated rings. The van der Waals surface area contributed by atoms with Crippen LogP contribution in [0, 0.1) is 0 Å². The lowest BCUT2D eigenvalue weighted by Crippen LogP contribution is -2.45. The van der Waals surface area contributed by atoms with Gasteiger partial charge in [0.15, 0.2) is 0 Å². The molecule has 1 aromatic heterocycles. The van der Waals surface area contributed by atoms with E-state index >= 15 is 0 Å². The Morgan fingerprint density at radius 1 is 1.15 bits per heavy atom. The van der Waals surface area contributed by atoms with E-state index in [9.17, 15) is 14.4 Å². The van der Waals surface area contributed by atoms with Crippen molar-refractivity contribution < 1.29 is 23.9 Å². The van der Waals surface area contributed by atoms with Crippen molar-refractivity contribution in [2.75, 3.05) is 7.11 Å². The minimum Gasteiger partial charge on any atom is -0.467 e. The van der Waals surface area contributed by atoms with Gasteiger partial charge in [-0.05, 0) is 59.2 Å². The summed E-state index contributed by atoms with van der Waals surface area (Å²) in [7, 11) is 1.24. The number of nitrogens with one attached hydrogen (secondary N) is 2. The Morgan fingerprint density at radius 2 is 1.78 bits per heavy atom. The second-order valence-corrected chi connectivity index (χ2v) is 8.18. The van der Waals surface area contributed by atoms with Crippen molar-refractivity contribution in [1.29, 1.82) is 0 Å². The van der Waals surface area contributed by atoms with Crippen molar-refractivity contribution in [3.05, 3.63) is 29.6 Å². The minimum atomic E-state index is -0.953. The molecule has 0 aromatic carbocycles. The van der Waals surface area contributed by atoms with Crippen LogP contribution >= 0.6 is 0 Å². The molecule has 1 rings (SSSR count). The molecule has 1 heterocycles. The number of rotatable bonds is 5. The quantitative estimate of drug-likeness (QED) is 0.760. The van der Waals surface area contributed by atoms with E-state index in [1.54, 1.807) is 32.9 Å². The highest BCUT2D eigenvalue weighted by molar-refractivity contribution is 5.92. The second kappa shape index (κ2) is 8.83. The summed E-state index contributed by atoms with van der Waals surface area (Å²) in [6.07, 6.45) is 0.886. The van der Waals surface area contributed by atoms with Crippen LogP contribution in [0.1, 0.15) is 57.6 Å². The second-order valence-electron chi connectivity index (χ2n) is 8.18. The van der Waals surface area contributed by atoms with E-state index in [2.05, 4.69) is 15.6 Å². The Bertz CT molecular complexity index is 689. The zero-order valence-electron chi connectivity index (χ0n) is 17.0. The van der Waals surface area contributed by atoms with Crippen LogP contribution in [-0.2, 0) is 20.7 Å². The summed E-state index contributed by atoms with van der Waals surface area (Å²) in [5, 5.41) is 5.33. The van der Waals surface area contributed by atoms with Gasteiger partial charge in [0, 0.05) is 18.2 Å². The predicted octanol–water partition coefficient (Wildman–Crippen LogP) is 2.22. The fourth-order valence-corrected chi connectivity index (χ4v) is 2.15. The van der Waals surface area contributed by atoms with Crippen LogP contribution in [0.15, 0.2) is 18.3 Å². The molecule has 2 N–H and O–H groups in total. The van der Waals surface area contributed by atoms with Crippen LogP contribution in [-0.4, -0.2) is 47.2 Å². The van der Waals surface area contributed by atoms with Crippen molar-refractivity contribution in [1.82, 2.24) is 15.6 Å². The van der Waals surface area contributed by atoms with Gasteiger partial charge in [0.05, 0.1) is 7.11 Å². The van der Waals surface area contributed by atoms with Gasteiger partial charge in [-0.15, -0.1) is 0 Å². The Kier molecular flexibility index (Phi) is 7.33. The number of carbonyl (C=O) groups excluding carboxylic acids is 3. The third kappa shape index (κ3) is 8.52. The van der Waals surface area contributed by atoms with E-state index in [1.807, 2.05) is 20.8 Å². The van der Waals surface area contributed by atoms with E-state index in [4.69, 9.17) is 9.47 Å². The van der Waals surface area contributed by atoms with Crippen molar-refractivity contribution in [2.45, 2.75) is 65.1 Å². The van der Waals surface area contributed by atoms with Gasteiger partial charge in [0.2, 0.25) is 0 Å². The van der Waals surface area contributed by atoms with E-state index in [1.165, 1.54) is 13.3 Å². The largest absolute Gasteiger partial charge is 0.467 e. The molecule has 1 aromatic rings. The lowest BCUT2D eigenvalue weighted by molar-refractivity contribution is -0.143. The molecule has 27 heavy (non-hydrogen) atoms. The van der Waals surface area contributed by atoms with E-state index in [0.717, 1.165) is 0 Å². The zero-order valence-corrected chi connectivity index (χ0v) is 17.0. The highest BCUT2D eigenvalue weighted by atomic mass is 16.6. The minimum absolute atomic E-state index is 0.129. The SMILES string of the molecule is COC(=O)[C@H](Cc1ccnc(C(=O)NC(C)(C)C)c1)NC(=O)OC(C)(C)C. The van der Waals surface area contributed by atoms with Crippen LogP contribution in [0.4, 0.5) is 4.79 Å². The number of hydrogen-bond donors (Lipinski definition) is 2. The zero-order chi connectivity index (χ0) is 20.8. The standard InChI is InChI=1S/C19H29N3O5/c1-18(2,3)22-15(23)13-10-12(8-9-20-13)11-14(16(24)26-7)21-17(25)27-19(4,5)6/h8-10,14H,11H2,1-7H3,(H,21,25)(H,22,23)/t14-/m0/s1. The number of carbonyl (C=O) groups is 3. The van der Waals surface area contributed by atoms with Gasteiger partial charge in [-0.3, -0.25) is 9.78 Å². The van der Waals surface area contributed by atoms with Gasteiger partial charge >= 0.3 is 12.1 Å². The Labute approximate surface area is 160 Å². The fraction of sp³-hybridized carbons (Fsp3) is 0.579. The van der Waals surface area contributed by atoms with Crippen LogP contribution in [0.2, 0.25) is 0 Å². The Morgan fingerprint density at radius 3 is 2.30 bits per heavy atom. The number of methoxy groups -OCH3 is 1. The van der Waals surface area contributed by atoms with Gasteiger partial charge in [0.1, 0.15) is 17.3 Å². The number of nitrogens with zero attached hydrogens (tertiary/aromatic N) is 1. The molecule has 0 spiro atoms. The first-order valence-electron chi connectivity index (χ1n) is 8.65. The lowest BCUT2D eigenvalue weighted by Gasteiger charge is -2.23. The Balaban J connectivity index is 2.93. The number of pyridine rings is 1. The van der Waals surface area contributed by atoms with E-state index in [0.29, 0.717) is 5.56 Å². The average Bonchev–Trinajstić information content (AvgIpc) is 2.50. The van der Waals surface area contributed by atoms with Gasteiger partial charge in [-0.1, -0.05) is 0 Å². The highest BCUT2D eigenvalue weighted by Gasteiger charge is 2.26. The molecule has 8 nitrogen and oxygen atoms in total. The van der Waals surface area contributed by atoms with Gasteiger partial charge < -0.3 is 20.1 Å². The van der Waals surface area contributed by atoms with Crippen molar-refractivity contribution in [2.24, 2.45) is 0 Å². The van der Waals surface area contributed by atoms with Gasteiger partial charge in [0.25, 0.3) is 5.91 Å². The van der Waals surface area contributed by atoms with E-state index < -0.39 is 29.2 Å². The third-order valence-corrected chi connectivity index (χ3v) is 3.16. The average molecular weight is 379 g/mol. The number of esters is 1. The van der Waals surface area contributed by atoms with E-state index in [-0.39, 0.29) is 18.0 Å². The smallest absolute Gasteiger partial charge is 0.408 e.